The first kappa shape index (κ1) is 15.1. The third kappa shape index (κ3) is 5.27. The van der Waals surface area contributed by atoms with E-state index in [1.807, 2.05) is 0 Å². The molecule has 0 unspecified atom stereocenters. The first-order chi connectivity index (χ1) is 10.1. The van der Waals surface area contributed by atoms with Gasteiger partial charge in [-0.25, -0.2) is 9.59 Å². The summed E-state index contributed by atoms with van der Waals surface area (Å²) in [6.45, 7) is 1.35. The van der Waals surface area contributed by atoms with E-state index in [9.17, 15) is 9.59 Å². The second kappa shape index (κ2) is 7.44. The molecule has 1 fully saturated rings. The van der Waals surface area contributed by atoms with Gasteiger partial charge in [0.1, 0.15) is 0 Å². The van der Waals surface area contributed by atoms with Gasteiger partial charge in [0.25, 0.3) is 0 Å². The first-order valence-corrected chi connectivity index (χ1v) is 6.80. The Morgan fingerprint density at radius 1 is 1.19 bits per heavy atom. The van der Waals surface area contributed by atoms with Gasteiger partial charge in [-0.3, -0.25) is 0 Å². The minimum absolute atomic E-state index is 0.150. The molecule has 2 amide bonds. The highest BCUT2D eigenvalue weighted by atomic mass is 16.5. The van der Waals surface area contributed by atoms with Crippen LogP contribution in [-0.2, 0) is 9.53 Å². The van der Waals surface area contributed by atoms with Crippen molar-refractivity contribution < 1.29 is 19.4 Å². The van der Waals surface area contributed by atoms with Crippen LogP contribution >= 0.6 is 0 Å². The van der Waals surface area contributed by atoms with Crippen LogP contribution in [0.1, 0.15) is 18.4 Å². The van der Waals surface area contributed by atoms with E-state index in [1.54, 1.807) is 24.3 Å². The van der Waals surface area contributed by atoms with Gasteiger partial charge in [-0.05, 0) is 36.6 Å². The summed E-state index contributed by atoms with van der Waals surface area (Å²) in [6.07, 6.45) is 4.22. The van der Waals surface area contributed by atoms with Crippen LogP contribution in [0.2, 0.25) is 0 Å². The lowest BCUT2D eigenvalue weighted by Crippen LogP contribution is -2.41. The summed E-state index contributed by atoms with van der Waals surface area (Å²) in [5.74, 6) is -0.993. The van der Waals surface area contributed by atoms with Crippen LogP contribution in [0.4, 0.5) is 10.5 Å². The Balaban J connectivity index is 1.84. The third-order valence-electron chi connectivity index (χ3n) is 3.14. The fourth-order valence-electron chi connectivity index (χ4n) is 2.04. The number of carboxylic acids is 1. The number of hydrogen-bond donors (Lipinski definition) is 3. The SMILES string of the molecule is O=C(O)/C=C/c1ccc(NC(=O)NC2CCOCC2)cc1. The predicted octanol–water partition coefficient (Wildman–Crippen LogP) is 2.08. The maximum absolute atomic E-state index is 11.8. The summed E-state index contributed by atoms with van der Waals surface area (Å²) < 4.78 is 5.23. The summed E-state index contributed by atoms with van der Waals surface area (Å²) in [4.78, 5) is 22.2. The fourth-order valence-corrected chi connectivity index (χ4v) is 2.04. The van der Waals surface area contributed by atoms with Gasteiger partial charge >= 0.3 is 12.0 Å². The summed E-state index contributed by atoms with van der Waals surface area (Å²) in [5, 5.41) is 14.2. The van der Waals surface area contributed by atoms with Crippen LogP contribution in [0.15, 0.2) is 30.3 Å². The van der Waals surface area contributed by atoms with Crippen molar-refractivity contribution in [3.05, 3.63) is 35.9 Å². The number of urea groups is 1. The molecule has 0 spiro atoms. The molecule has 0 bridgehead atoms. The van der Waals surface area contributed by atoms with E-state index in [4.69, 9.17) is 9.84 Å². The largest absolute Gasteiger partial charge is 0.478 e. The molecule has 6 heteroatoms. The van der Waals surface area contributed by atoms with Crippen molar-refractivity contribution >= 4 is 23.8 Å². The Morgan fingerprint density at radius 3 is 2.48 bits per heavy atom. The molecule has 1 heterocycles. The molecular formula is C15H18N2O4. The molecular weight excluding hydrogens is 272 g/mol. The van der Waals surface area contributed by atoms with Crippen molar-refractivity contribution in [1.29, 1.82) is 0 Å². The predicted molar refractivity (Wildman–Crippen MR) is 79.1 cm³/mol. The van der Waals surface area contributed by atoms with E-state index in [-0.39, 0.29) is 12.1 Å². The summed E-state index contributed by atoms with van der Waals surface area (Å²) >= 11 is 0. The average molecular weight is 290 g/mol. The number of ether oxygens (including phenoxy) is 1. The molecule has 6 nitrogen and oxygen atoms in total. The van der Waals surface area contributed by atoms with E-state index < -0.39 is 5.97 Å². The quantitative estimate of drug-likeness (QED) is 0.741. The number of carbonyl (C=O) groups excluding carboxylic acids is 1. The number of carboxylic acid groups (broad SMARTS) is 1. The molecule has 1 aliphatic rings. The van der Waals surface area contributed by atoms with Crippen LogP contribution in [0.5, 0.6) is 0 Å². The van der Waals surface area contributed by atoms with Crippen LogP contribution in [0.3, 0.4) is 0 Å². The van der Waals surface area contributed by atoms with Crippen LogP contribution in [-0.4, -0.2) is 36.4 Å². The number of anilines is 1. The van der Waals surface area contributed by atoms with E-state index in [0.29, 0.717) is 18.9 Å². The van der Waals surface area contributed by atoms with Crippen molar-refractivity contribution in [2.24, 2.45) is 0 Å². The van der Waals surface area contributed by atoms with Gasteiger partial charge in [0.05, 0.1) is 0 Å². The van der Waals surface area contributed by atoms with Gasteiger partial charge in [0.15, 0.2) is 0 Å². The number of benzene rings is 1. The zero-order chi connectivity index (χ0) is 15.1. The standard InChI is InChI=1S/C15H18N2O4/c18-14(19)6-3-11-1-4-12(5-2-11)16-15(20)17-13-7-9-21-10-8-13/h1-6,13H,7-10H2,(H,18,19)(H2,16,17,20)/b6-3+. The molecule has 0 radical (unpaired) electrons. The van der Waals surface area contributed by atoms with E-state index in [1.165, 1.54) is 6.08 Å². The minimum atomic E-state index is -0.993. The Hall–Kier alpha value is -2.34. The highest BCUT2D eigenvalue weighted by Crippen LogP contribution is 2.11. The number of aliphatic carboxylic acids is 1. The molecule has 1 aliphatic heterocycles. The Morgan fingerprint density at radius 2 is 1.86 bits per heavy atom. The summed E-state index contributed by atoms with van der Waals surface area (Å²) in [7, 11) is 0. The second-order valence-electron chi connectivity index (χ2n) is 4.78. The zero-order valence-electron chi connectivity index (χ0n) is 11.5. The van der Waals surface area contributed by atoms with Crippen molar-refractivity contribution in [1.82, 2.24) is 5.32 Å². The van der Waals surface area contributed by atoms with Gasteiger partial charge < -0.3 is 20.5 Å². The molecule has 1 aromatic rings. The molecule has 1 saturated heterocycles. The van der Waals surface area contributed by atoms with Gasteiger partial charge in [-0.1, -0.05) is 12.1 Å². The van der Waals surface area contributed by atoms with E-state index >= 15 is 0 Å². The second-order valence-corrected chi connectivity index (χ2v) is 4.78. The summed E-state index contributed by atoms with van der Waals surface area (Å²) in [5.41, 5.74) is 1.42. The number of amides is 2. The Labute approximate surface area is 122 Å². The van der Waals surface area contributed by atoms with Crippen molar-refractivity contribution in [3.8, 4) is 0 Å². The maximum Gasteiger partial charge on any atom is 0.328 e. The monoisotopic (exact) mass is 290 g/mol. The molecule has 0 saturated carbocycles. The highest BCUT2D eigenvalue weighted by Gasteiger charge is 2.15. The van der Waals surface area contributed by atoms with E-state index in [0.717, 1.165) is 24.5 Å². The van der Waals surface area contributed by atoms with Crippen molar-refractivity contribution in [2.45, 2.75) is 18.9 Å². The van der Waals surface area contributed by atoms with Gasteiger partial charge in [-0.2, -0.15) is 0 Å². The van der Waals surface area contributed by atoms with Gasteiger partial charge in [-0.15, -0.1) is 0 Å². The molecule has 1 aromatic carbocycles. The average Bonchev–Trinajstić information content (AvgIpc) is 2.47. The van der Waals surface area contributed by atoms with Gasteiger partial charge in [0.2, 0.25) is 0 Å². The molecule has 3 N–H and O–H groups in total. The number of rotatable bonds is 4. The first-order valence-electron chi connectivity index (χ1n) is 6.80. The molecule has 21 heavy (non-hydrogen) atoms. The molecule has 112 valence electrons. The highest BCUT2D eigenvalue weighted by molar-refractivity contribution is 5.90. The molecule has 0 aliphatic carbocycles. The van der Waals surface area contributed by atoms with Crippen LogP contribution in [0.25, 0.3) is 6.08 Å². The van der Waals surface area contributed by atoms with Crippen molar-refractivity contribution in [2.75, 3.05) is 18.5 Å². The lowest BCUT2D eigenvalue weighted by molar-refractivity contribution is -0.131. The zero-order valence-corrected chi connectivity index (χ0v) is 11.5. The Bertz CT molecular complexity index is 519. The topological polar surface area (TPSA) is 87.7 Å². The van der Waals surface area contributed by atoms with Crippen LogP contribution < -0.4 is 10.6 Å². The van der Waals surface area contributed by atoms with Crippen LogP contribution in [0, 0.1) is 0 Å². The van der Waals surface area contributed by atoms with E-state index in [2.05, 4.69) is 10.6 Å². The fraction of sp³-hybridized carbons (Fsp3) is 0.333. The minimum Gasteiger partial charge on any atom is -0.478 e. The molecule has 0 atom stereocenters. The smallest absolute Gasteiger partial charge is 0.328 e. The molecule has 0 aromatic heterocycles. The third-order valence-corrected chi connectivity index (χ3v) is 3.14. The molecule has 2 rings (SSSR count). The lowest BCUT2D eigenvalue weighted by atomic mass is 10.1. The summed E-state index contributed by atoms with van der Waals surface area (Å²) in [6, 6.07) is 6.84. The lowest BCUT2D eigenvalue weighted by Gasteiger charge is -2.23. The number of hydrogen-bond acceptors (Lipinski definition) is 3. The van der Waals surface area contributed by atoms with Crippen molar-refractivity contribution in [3.63, 3.8) is 0 Å². The Kier molecular flexibility index (Phi) is 5.34. The maximum atomic E-state index is 11.8. The number of nitrogens with one attached hydrogen (secondary N) is 2. The normalized spacial score (nSPS) is 15.8. The van der Waals surface area contributed by atoms with Gasteiger partial charge in [0, 0.05) is 31.0 Å². The number of carbonyl (C=O) groups is 2.